The van der Waals surface area contributed by atoms with Gasteiger partial charge in [-0.1, -0.05) is 12.1 Å². The third-order valence-corrected chi connectivity index (χ3v) is 3.94. The highest BCUT2D eigenvalue weighted by molar-refractivity contribution is 5.81. The van der Waals surface area contributed by atoms with Gasteiger partial charge in [-0.2, -0.15) is 5.10 Å². The molecule has 0 unspecified atom stereocenters. The van der Waals surface area contributed by atoms with Crippen molar-refractivity contribution in [3.05, 3.63) is 48.0 Å². The van der Waals surface area contributed by atoms with Crippen molar-refractivity contribution in [3.63, 3.8) is 0 Å². The highest BCUT2D eigenvalue weighted by Gasteiger charge is 2.19. The Hall–Kier alpha value is -2.47. The zero-order chi connectivity index (χ0) is 16.4. The first-order chi connectivity index (χ1) is 11.2. The lowest BCUT2D eigenvalue weighted by Gasteiger charge is -2.20. The smallest absolute Gasteiger partial charge is 0.155 e. The van der Waals surface area contributed by atoms with Crippen LogP contribution in [0.3, 0.4) is 0 Å². The average molecular weight is 314 g/mol. The van der Waals surface area contributed by atoms with Crippen LogP contribution < -0.4 is 4.90 Å². The van der Waals surface area contributed by atoms with E-state index in [-0.39, 0.29) is 12.4 Å². The van der Waals surface area contributed by atoms with Gasteiger partial charge in [0.2, 0.25) is 0 Å². The number of benzene rings is 1. The summed E-state index contributed by atoms with van der Waals surface area (Å²) in [6.45, 7) is 5.52. The zero-order valence-electron chi connectivity index (χ0n) is 13.2. The zero-order valence-corrected chi connectivity index (χ0v) is 13.2. The van der Waals surface area contributed by atoms with Gasteiger partial charge in [-0.15, -0.1) is 0 Å². The summed E-state index contributed by atoms with van der Waals surface area (Å²) in [5.41, 5.74) is 2.64. The monoisotopic (exact) mass is 314 g/mol. The van der Waals surface area contributed by atoms with Gasteiger partial charge in [0, 0.05) is 36.6 Å². The molecular formula is C17H19FN4O. The number of aromatic nitrogens is 3. The van der Waals surface area contributed by atoms with Crippen LogP contribution in [0.4, 0.5) is 10.2 Å². The Morgan fingerprint density at radius 3 is 2.70 bits per heavy atom. The van der Waals surface area contributed by atoms with Gasteiger partial charge in [-0.3, -0.25) is 0 Å². The second-order valence-corrected chi connectivity index (χ2v) is 5.21. The molecule has 0 amide bonds. The molecule has 0 saturated heterocycles. The van der Waals surface area contributed by atoms with E-state index in [0.717, 1.165) is 24.4 Å². The Bertz CT molecular complexity index is 827. The minimum Gasteiger partial charge on any atom is -0.392 e. The number of aliphatic hydroxyl groups excluding tert-OH is 1. The van der Waals surface area contributed by atoms with Crippen molar-refractivity contribution in [1.29, 1.82) is 0 Å². The molecule has 0 spiro atoms. The summed E-state index contributed by atoms with van der Waals surface area (Å²) < 4.78 is 15.2. The maximum Gasteiger partial charge on any atom is 0.155 e. The molecule has 0 saturated carbocycles. The molecule has 2 aromatic heterocycles. The Morgan fingerprint density at radius 1 is 1.26 bits per heavy atom. The Labute approximate surface area is 134 Å². The largest absolute Gasteiger partial charge is 0.392 e. The molecule has 0 radical (unpaired) electrons. The number of rotatable bonds is 5. The third-order valence-electron chi connectivity index (χ3n) is 3.94. The topological polar surface area (TPSA) is 53.7 Å². The lowest BCUT2D eigenvalue weighted by atomic mass is 10.1. The molecule has 3 aromatic rings. The summed E-state index contributed by atoms with van der Waals surface area (Å²) in [6.07, 6.45) is 3.43. The highest BCUT2D eigenvalue weighted by atomic mass is 19.1. The predicted octanol–water partition coefficient (Wildman–Crippen LogP) is 2.87. The fourth-order valence-electron chi connectivity index (χ4n) is 2.81. The first-order valence-electron chi connectivity index (χ1n) is 7.67. The van der Waals surface area contributed by atoms with E-state index in [1.54, 1.807) is 29.0 Å². The SMILES string of the molecule is CCN(CC)c1nccn2nc(-c3cccc(F)c3)c(CO)c12. The van der Waals surface area contributed by atoms with Gasteiger partial charge in [-0.05, 0) is 26.0 Å². The van der Waals surface area contributed by atoms with Crippen LogP contribution in [0.2, 0.25) is 0 Å². The normalized spacial score (nSPS) is 11.1. The highest BCUT2D eigenvalue weighted by Crippen LogP contribution is 2.31. The summed E-state index contributed by atoms with van der Waals surface area (Å²) in [5, 5.41) is 14.4. The third kappa shape index (κ3) is 2.66. The van der Waals surface area contributed by atoms with E-state index >= 15 is 0 Å². The number of aliphatic hydroxyl groups is 1. The van der Waals surface area contributed by atoms with Crippen molar-refractivity contribution in [1.82, 2.24) is 14.6 Å². The van der Waals surface area contributed by atoms with Crippen LogP contribution in [0.15, 0.2) is 36.7 Å². The van der Waals surface area contributed by atoms with Crippen molar-refractivity contribution in [2.24, 2.45) is 0 Å². The second-order valence-electron chi connectivity index (χ2n) is 5.21. The standard InChI is InChI=1S/C17H19FN4O/c1-3-21(4-2)17-16-14(11-23)15(20-22(16)9-8-19-17)12-6-5-7-13(18)10-12/h5-10,23H,3-4,11H2,1-2H3. The molecule has 6 heteroatoms. The van der Waals surface area contributed by atoms with Crippen molar-refractivity contribution >= 4 is 11.3 Å². The van der Waals surface area contributed by atoms with Gasteiger partial charge in [0.15, 0.2) is 5.82 Å². The summed E-state index contributed by atoms with van der Waals surface area (Å²) in [7, 11) is 0. The number of halogens is 1. The van der Waals surface area contributed by atoms with Gasteiger partial charge in [0.25, 0.3) is 0 Å². The van der Waals surface area contributed by atoms with E-state index in [9.17, 15) is 9.50 Å². The number of hydrogen-bond donors (Lipinski definition) is 1. The van der Waals surface area contributed by atoms with E-state index in [4.69, 9.17) is 0 Å². The number of hydrogen-bond acceptors (Lipinski definition) is 4. The van der Waals surface area contributed by atoms with Crippen molar-refractivity contribution in [2.45, 2.75) is 20.5 Å². The predicted molar refractivity (Wildman–Crippen MR) is 87.9 cm³/mol. The molecule has 3 rings (SSSR count). The summed E-state index contributed by atoms with van der Waals surface area (Å²) in [5.74, 6) is 0.447. The molecule has 23 heavy (non-hydrogen) atoms. The van der Waals surface area contributed by atoms with E-state index < -0.39 is 0 Å². The van der Waals surface area contributed by atoms with Crippen LogP contribution in [0, 0.1) is 5.82 Å². The van der Waals surface area contributed by atoms with Gasteiger partial charge in [0.1, 0.15) is 11.3 Å². The molecule has 0 atom stereocenters. The molecule has 0 aliphatic rings. The maximum absolute atomic E-state index is 13.5. The van der Waals surface area contributed by atoms with Crippen LogP contribution in [0.1, 0.15) is 19.4 Å². The van der Waals surface area contributed by atoms with Crippen LogP contribution in [-0.4, -0.2) is 32.8 Å². The minimum absolute atomic E-state index is 0.185. The lowest BCUT2D eigenvalue weighted by molar-refractivity contribution is 0.284. The van der Waals surface area contributed by atoms with Gasteiger partial charge >= 0.3 is 0 Å². The Morgan fingerprint density at radius 2 is 2.04 bits per heavy atom. The fraction of sp³-hybridized carbons (Fsp3) is 0.294. The van der Waals surface area contributed by atoms with Crippen LogP contribution in [0.25, 0.3) is 16.8 Å². The van der Waals surface area contributed by atoms with E-state index in [1.807, 2.05) is 0 Å². The number of nitrogens with zero attached hydrogens (tertiary/aromatic N) is 4. The van der Waals surface area contributed by atoms with E-state index in [0.29, 0.717) is 16.8 Å². The molecule has 0 aliphatic heterocycles. The molecule has 120 valence electrons. The van der Waals surface area contributed by atoms with Crippen LogP contribution in [0.5, 0.6) is 0 Å². The maximum atomic E-state index is 13.5. The minimum atomic E-state index is -0.328. The second kappa shape index (κ2) is 6.34. The Balaban J connectivity index is 2.28. The summed E-state index contributed by atoms with van der Waals surface area (Å²) in [6, 6.07) is 6.24. The molecule has 0 aliphatic carbocycles. The first kappa shape index (κ1) is 15.4. The molecule has 1 N–H and O–H groups in total. The lowest BCUT2D eigenvalue weighted by Crippen LogP contribution is -2.23. The van der Waals surface area contributed by atoms with Crippen molar-refractivity contribution < 1.29 is 9.50 Å². The van der Waals surface area contributed by atoms with Crippen LogP contribution >= 0.6 is 0 Å². The molecular weight excluding hydrogens is 295 g/mol. The Kier molecular flexibility index (Phi) is 4.25. The quantitative estimate of drug-likeness (QED) is 0.787. The summed E-state index contributed by atoms with van der Waals surface area (Å²) >= 11 is 0. The van der Waals surface area contributed by atoms with Gasteiger partial charge in [-0.25, -0.2) is 13.9 Å². The summed E-state index contributed by atoms with van der Waals surface area (Å²) in [4.78, 5) is 6.56. The average Bonchev–Trinajstić information content (AvgIpc) is 2.95. The van der Waals surface area contributed by atoms with Crippen molar-refractivity contribution in [3.8, 4) is 11.3 Å². The van der Waals surface area contributed by atoms with Gasteiger partial charge < -0.3 is 10.0 Å². The first-order valence-corrected chi connectivity index (χ1v) is 7.67. The molecule has 0 fully saturated rings. The molecule has 1 aromatic carbocycles. The van der Waals surface area contributed by atoms with Crippen molar-refractivity contribution in [2.75, 3.05) is 18.0 Å². The van der Waals surface area contributed by atoms with Gasteiger partial charge in [0.05, 0.1) is 12.3 Å². The molecule has 5 nitrogen and oxygen atoms in total. The molecule has 0 bridgehead atoms. The fourth-order valence-corrected chi connectivity index (χ4v) is 2.81. The van der Waals surface area contributed by atoms with Crippen LogP contribution in [-0.2, 0) is 6.61 Å². The molecule has 2 heterocycles. The number of anilines is 1. The number of fused-ring (bicyclic) bond motifs is 1. The van der Waals surface area contributed by atoms with E-state index in [1.165, 1.54) is 12.1 Å². The van der Waals surface area contributed by atoms with E-state index in [2.05, 4.69) is 28.8 Å².